The van der Waals surface area contributed by atoms with Crippen molar-refractivity contribution in [2.75, 3.05) is 33.0 Å². The topological polar surface area (TPSA) is 90.6 Å². The van der Waals surface area contributed by atoms with Crippen LogP contribution in [-0.2, 0) is 9.47 Å². The van der Waals surface area contributed by atoms with E-state index in [9.17, 15) is 4.79 Å². The van der Waals surface area contributed by atoms with E-state index in [1.54, 1.807) is 19.1 Å². The second-order valence-electron chi connectivity index (χ2n) is 5.45. The number of aromatic nitrogens is 2. The van der Waals surface area contributed by atoms with Crippen LogP contribution in [0.15, 0.2) is 6.20 Å². The van der Waals surface area contributed by atoms with E-state index in [0.29, 0.717) is 24.6 Å². The number of rotatable bonds is 4. The van der Waals surface area contributed by atoms with Crippen molar-refractivity contribution in [2.45, 2.75) is 32.0 Å². The molecule has 1 aromatic heterocycles. The molecule has 0 aliphatic carbocycles. The first-order valence-electron chi connectivity index (χ1n) is 6.95. The summed E-state index contributed by atoms with van der Waals surface area (Å²) in [4.78, 5) is 22.7. The van der Waals surface area contributed by atoms with Gasteiger partial charge in [0.05, 0.1) is 11.9 Å². The number of methoxy groups -OCH3 is 2. The van der Waals surface area contributed by atoms with Gasteiger partial charge in [0.15, 0.2) is 5.69 Å². The van der Waals surface area contributed by atoms with Crippen molar-refractivity contribution in [3.63, 3.8) is 0 Å². The van der Waals surface area contributed by atoms with Crippen LogP contribution < -0.4 is 5.73 Å². The van der Waals surface area contributed by atoms with E-state index in [1.807, 2.05) is 13.8 Å². The number of carbonyl (C=O) groups is 1. The van der Waals surface area contributed by atoms with Gasteiger partial charge in [0.2, 0.25) is 0 Å². The van der Waals surface area contributed by atoms with Gasteiger partial charge in [-0.15, -0.1) is 0 Å². The number of ether oxygens (including phenoxy) is 2. The van der Waals surface area contributed by atoms with Gasteiger partial charge in [0.1, 0.15) is 18.0 Å². The normalized spacial score (nSPS) is 22.0. The monoisotopic (exact) mass is 294 g/mol. The molecule has 1 aromatic rings. The van der Waals surface area contributed by atoms with Gasteiger partial charge in [0, 0.05) is 33.2 Å². The first-order valence-corrected chi connectivity index (χ1v) is 6.95. The Kier molecular flexibility index (Phi) is 4.74. The predicted octanol–water partition coefficient (Wildman–Crippen LogP) is 0.668. The molecule has 2 N–H and O–H groups in total. The molecule has 1 aliphatic rings. The maximum absolute atomic E-state index is 12.6. The second kappa shape index (κ2) is 6.36. The van der Waals surface area contributed by atoms with E-state index < -0.39 is 0 Å². The molecule has 7 nitrogen and oxygen atoms in total. The summed E-state index contributed by atoms with van der Waals surface area (Å²) in [5.41, 5.74) is 6.40. The molecule has 0 saturated carbocycles. The fourth-order valence-electron chi connectivity index (χ4n) is 2.37. The molecule has 21 heavy (non-hydrogen) atoms. The number of nitrogens with zero attached hydrogens (tertiary/aromatic N) is 3. The summed E-state index contributed by atoms with van der Waals surface area (Å²) in [5.74, 6) is 0.533. The minimum Gasteiger partial charge on any atom is -0.396 e. The Morgan fingerprint density at radius 1 is 1.33 bits per heavy atom. The minimum absolute atomic E-state index is 0.133. The van der Waals surface area contributed by atoms with Crippen molar-refractivity contribution in [1.82, 2.24) is 14.9 Å². The summed E-state index contributed by atoms with van der Waals surface area (Å²) in [6.45, 7) is 4.87. The summed E-state index contributed by atoms with van der Waals surface area (Å²) in [7, 11) is 3.22. The number of amides is 1. The molecule has 1 saturated heterocycles. The number of nitrogen functional groups attached to an aromatic ring is 1. The van der Waals surface area contributed by atoms with Gasteiger partial charge in [-0.1, -0.05) is 13.8 Å². The molecule has 2 heterocycles. The lowest BCUT2D eigenvalue weighted by molar-refractivity contribution is -0.00461. The quantitative estimate of drug-likeness (QED) is 0.877. The number of likely N-dealkylation sites (tertiary alicyclic amines) is 1. The van der Waals surface area contributed by atoms with E-state index in [1.165, 1.54) is 6.20 Å². The van der Waals surface area contributed by atoms with Gasteiger partial charge in [-0.05, 0) is 0 Å². The number of hydrogen-bond acceptors (Lipinski definition) is 6. The third kappa shape index (κ3) is 3.14. The highest BCUT2D eigenvalue weighted by Crippen LogP contribution is 2.21. The van der Waals surface area contributed by atoms with Crippen molar-refractivity contribution in [1.29, 1.82) is 0 Å². The molecular weight excluding hydrogens is 272 g/mol. The molecule has 1 amide bonds. The van der Waals surface area contributed by atoms with Crippen LogP contribution in [0.5, 0.6) is 0 Å². The zero-order chi connectivity index (χ0) is 15.6. The largest absolute Gasteiger partial charge is 0.396 e. The number of carbonyl (C=O) groups excluding carboxylic acids is 1. The first-order chi connectivity index (χ1) is 9.97. The number of nitrogens with two attached hydrogens (primary N) is 1. The molecule has 116 valence electrons. The Morgan fingerprint density at radius 2 is 1.90 bits per heavy atom. The summed E-state index contributed by atoms with van der Waals surface area (Å²) in [5, 5.41) is 0. The summed E-state index contributed by atoms with van der Waals surface area (Å²) in [6, 6.07) is 0. The maximum atomic E-state index is 12.6. The zero-order valence-electron chi connectivity index (χ0n) is 12.9. The Bertz CT molecular complexity index is 509. The number of anilines is 1. The molecule has 0 radical (unpaired) electrons. The Hall–Kier alpha value is -1.73. The van der Waals surface area contributed by atoms with Crippen molar-refractivity contribution in [3.8, 4) is 0 Å². The van der Waals surface area contributed by atoms with Gasteiger partial charge in [-0.25, -0.2) is 9.97 Å². The van der Waals surface area contributed by atoms with Crippen LogP contribution in [0.3, 0.4) is 0 Å². The van der Waals surface area contributed by atoms with E-state index >= 15 is 0 Å². The third-order valence-electron chi connectivity index (χ3n) is 3.66. The standard InChI is InChI=1S/C14H22N4O3/c1-8(2)13-16-5-9(15)12(17-13)14(19)18-6-10(20-3)11(7-18)21-4/h5,8,10-11H,6-7,15H2,1-4H3. The first kappa shape index (κ1) is 15.7. The average Bonchev–Trinajstić information content (AvgIpc) is 2.90. The van der Waals surface area contributed by atoms with Crippen LogP contribution in [0.4, 0.5) is 5.69 Å². The van der Waals surface area contributed by atoms with Crippen molar-refractivity contribution >= 4 is 11.6 Å². The van der Waals surface area contributed by atoms with Crippen LogP contribution in [0.1, 0.15) is 36.1 Å². The number of hydrogen-bond donors (Lipinski definition) is 1. The lowest BCUT2D eigenvalue weighted by Gasteiger charge is -2.17. The van der Waals surface area contributed by atoms with E-state index in [0.717, 1.165) is 0 Å². The molecule has 0 bridgehead atoms. The van der Waals surface area contributed by atoms with Crippen LogP contribution in [0.2, 0.25) is 0 Å². The van der Waals surface area contributed by atoms with Gasteiger partial charge in [0.25, 0.3) is 5.91 Å². The van der Waals surface area contributed by atoms with Crippen molar-refractivity contribution in [2.24, 2.45) is 0 Å². The highest BCUT2D eigenvalue weighted by molar-refractivity contribution is 5.97. The Labute approximate surface area is 124 Å². The minimum atomic E-state index is -0.210. The van der Waals surface area contributed by atoms with Gasteiger partial charge >= 0.3 is 0 Å². The second-order valence-corrected chi connectivity index (χ2v) is 5.45. The van der Waals surface area contributed by atoms with Crippen LogP contribution >= 0.6 is 0 Å². The predicted molar refractivity (Wildman–Crippen MR) is 78.0 cm³/mol. The summed E-state index contributed by atoms with van der Waals surface area (Å²) in [6.07, 6.45) is 1.23. The van der Waals surface area contributed by atoms with E-state index in [2.05, 4.69) is 9.97 Å². The van der Waals surface area contributed by atoms with E-state index in [-0.39, 0.29) is 29.7 Å². The highest BCUT2D eigenvalue weighted by Gasteiger charge is 2.36. The molecule has 0 aromatic carbocycles. The van der Waals surface area contributed by atoms with Crippen LogP contribution in [0, 0.1) is 0 Å². The average molecular weight is 294 g/mol. The molecule has 2 unspecified atom stereocenters. The zero-order valence-corrected chi connectivity index (χ0v) is 12.9. The van der Waals surface area contributed by atoms with E-state index in [4.69, 9.17) is 15.2 Å². The third-order valence-corrected chi connectivity index (χ3v) is 3.66. The lowest BCUT2D eigenvalue weighted by atomic mass is 10.2. The molecule has 1 fully saturated rings. The van der Waals surface area contributed by atoms with Crippen molar-refractivity contribution < 1.29 is 14.3 Å². The Balaban J connectivity index is 2.23. The summed E-state index contributed by atoms with van der Waals surface area (Å²) >= 11 is 0. The Morgan fingerprint density at radius 3 is 2.38 bits per heavy atom. The fraction of sp³-hybridized carbons (Fsp3) is 0.643. The molecule has 1 aliphatic heterocycles. The van der Waals surface area contributed by atoms with Gasteiger partial charge < -0.3 is 20.1 Å². The van der Waals surface area contributed by atoms with Crippen molar-refractivity contribution in [3.05, 3.63) is 17.7 Å². The molecule has 0 spiro atoms. The molecule has 2 rings (SSSR count). The fourth-order valence-corrected chi connectivity index (χ4v) is 2.37. The molecule has 2 atom stereocenters. The van der Waals surface area contributed by atoms with Gasteiger partial charge in [-0.3, -0.25) is 4.79 Å². The van der Waals surface area contributed by atoms with Crippen LogP contribution in [-0.4, -0.2) is 60.3 Å². The lowest BCUT2D eigenvalue weighted by Crippen LogP contribution is -2.31. The van der Waals surface area contributed by atoms with Gasteiger partial charge in [-0.2, -0.15) is 0 Å². The SMILES string of the molecule is COC1CN(C(=O)c2nc(C(C)C)ncc2N)CC1OC. The molecular formula is C14H22N4O3. The highest BCUT2D eigenvalue weighted by atomic mass is 16.5. The smallest absolute Gasteiger partial charge is 0.274 e. The maximum Gasteiger partial charge on any atom is 0.274 e. The summed E-state index contributed by atoms with van der Waals surface area (Å²) < 4.78 is 10.7. The van der Waals surface area contributed by atoms with Crippen LogP contribution in [0.25, 0.3) is 0 Å². The molecule has 7 heteroatoms.